The molecule has 2 heterocycles. The highest BCUT2D eigenvalue weighted by atomic mass is 79.9. The zero-order valence-electron chi connectivity index (χ0n) is 11.8. The van der Waals surface area contributed by atoms with Crippen molar-refractivity contribution < 1.29 is 9.53 Å². The first-order valence-electron chi connectivity index (χ1n) is 6.49. The Balaban J connectivity index is 2.15. The van der Waals surface area contributed by atoms with Gasteiger partial charge in [-0.1, -0.05) is 0 Å². The highest BCUT2D eigenvalue weighted by Gasteiger charge is 2.34. The first kappa shape index (κ1) is 14.4. The number of nitrogens with zero attached hydrogens (tertiary/aromatic N) is 2. The van der Waals surface area contributed by atoms with Crippen molar-refractivity contribution in [2.75, 3.05) is 6.54 Å². The molecule has 1 aromatic rings. The van der Waals surface area contributed by atoms with Crippen LogP contribution >= 0.6 is 15.9 Å². The number of ether oxygens (including phenoxy) is 1. The molecule has 1 aliphatic heterocycles. The fraction of sp³-hybridized carbons (Fsp3) is 0.692. The Kier molecular flexibility index (Phi) is 3.90. The first-order valence-corrected chi connectivity index (χ1v) is 7.29. The monoisotopic (exact) mass is 329 g/mol. The molecule has 0 saturated carbocycles. The normalized spacial score (nSPS) is 19.8. The second kappa shape index (κ2) is 5.15. The van der Waals surface area contributed by atoms with Crippen molar-refractivity contribution in [2.24, 2.45) is 0 Å². The van der Waals surface area contributed by atoms with Gasteiger partial charge in [-0.3, -0.25) is 4.90 Å². The molecular weight excluding hydrogens is 310 g/mol. The Hall–Kier alpha value is -1.04. The summed E-state index contributed by atoms with van der Waals surface area (Å²) in [6, 6.07) is -0.0140. The number of H-pyrrole nitrogens is 1. The molecule has 1 amide bonds. The lowest BCUT2D eigenvalue weighted by atomic mass is 10.2. The Bertz CT molecular complexity index is 459. The molecule has 0 aliphatic carbocycles. The van der Waals surface area contributed by atoms with Crippen LogP contribution in [0.1, 0.15) is 51.2 Å². The van der Waals surface area contributed by atoms with E-state index in [0.29, 0.717) is 0 Å². The maximum atomic E-state index is 12.2. The quantitative estimate of drug-likeness (QED) is 0.857. The number of hydrogen-bond acceptors (Lipinski definition) is 3. The number of likely N-dealkylation sites (tertiary alicyclic amines) is 1. The fourth-order valence-electron chi connectivity index (χ4n) is 2.21. The third kappa shape index (κ3) is 3.29. The van der Waals surface area contributed by atoms with Crippen molar-refractivity contribution in [1.82, 2.24) is 14.9 Å². The molecule has 106 valence electrons. The van der Waals surface area contributed by atoms with E-state index < -0.39 is 5.60 Å². The van der Waals surface area contributed by atoms with Gasteiger partial charge < -0.3 is 9.72 Å². The molecule has 2 rings (SSSR count). The number of halogens is 1. The van der Waals surface area contributed by atoms with Crippen molar-refractivity contribution in [3.8, 4) is 0 Å². The number of carbonyl (C=O) groups excluding carboxylic acids is 1. The third-order valence-electron chi connectivity index (χ3n) is 3.04. The molecule has 6 heteroatoms. The molecule has 0 radical (unpaired) electrons. The number of aromatic amines is 1. The van der Waals surface area contributed by atoms with Crippen LogP contribution in [0.4, 0.5) is 4.79 Å². The lowest BCUT2D eigenvalue weighted by Crippen LogP contribution is -2.36. The van der Waals surface area contributed by atoms with E-state index in [4.69, 9.17) is 4.74 Å². The average Bonchev–Trinajstić information content (AvgIpc) is 2.83. The minimum absolute atomic E-state index is 0.0140. The van der Waals surface area contributed by atoms with Crippen molar-refractivity contribution in [3.63, 3.8) is 0 Å². The summed E-state index contributed by atoms with van der Waals surface area (Å²) in [5, 5.41) is 0. The summed E-state index contributed by atoms with van der Waals surface area (Å²) in [5.74, 6) is 0.827. The molecule has 19 heavy (non-hydrogen) atoms. The van der Waals surface area contributed by atoms with Crippen molar-refractivity contribution in [1.29, 1.82) is 0 Å². The summed E-state index contributed by atoms with van der Waals surface area (Å²) in [6.07, 6.45) is 1.63. The van der Waals surface area contributed by atoms with Gasteiger partial charge in [-0.05, 0) is 56.5 Å². The first-order chi connectivity index (χ1) is 8.78. The van der Waals surface area contributed by atoms with E-state index in [1.165, 1.54) is 0 Å². The number of hydrogen-bond donors (Lipinski definition) is 1. The minimum atomic E-state index is -0.468. The summed E-state index contributed by atoms with van der Waals surface area (Å²) < 4.78 is 6.25. The molecule has 1 saturated heterocycles. The van der Waals surface area contributed by atoms with Crippen molar-refractivity contribution >= 4 is 22.0 Å². The Labute approximate surface area is 121 Å². The molecular formula is C13H20BrN3O2. The standard InChI is InChI=1S/C13H20BrN3O2/c1-8-10(14)16-11(15-8)9-6-5-7-17(9)12(18)19-13(2,3)4/h9H,5-7H2,1-4H3,(H,15,16)/t9-/m0/s1. The van der Waals surface area contributed by atoms with Crippen LogP contribution < -0.4 is 0 Å². The zero-order chi connectivity index (χ0) is 14.2. The molecule has 0 bridgehead atoms. The predicted octanol–water partition coefficient (Wildman–Crippen LogP) is 3.55. The van der Waals surface area contributed by atoms with Crippen LogP contribution in [0.25, 0.3) is 0 Å². The molecule has 0 unspecified atom stereocenters. The van der Waals surface area contributed by atoms with Crippen LogP contribution in [0.2, 0.25) is 0 Å². The van der Waals surface area contributed by atoms with Gasteiger partial charge in [0.05, 0.1) is 6.04 Å². The number of rotatable bonds is 1. The minimum Gasteiger partial charge on any atom is -0.444 e. The molecule has 1 atom stereocenters. The molecule has 1 fully saturated rings. The number of aryl methyl sites for hydroxylation is 1. The molecule has 5 nitrogen and oxygen atoms in total. The topological polar surface area (TPSA) is 58.2 Å². The molecule has 1 aliphatic rings. The van der Waals surface area contributed by atoms with Crippen LogP contribution in [0.3, 0.4) is 0 Å². The second-order valence-corrected chi connectivity index (χ2v) is 6.62. The fourth-order valence-corrected chi connectivity index (χ4v) is 2.50. The maximum Gasteiger partial charge on any atom is 0.410 e. The van der Waals surface area contributed by atoms with Gasteiger partial charge in [0.25, 0.3) is 0 Å². The number of carbonyl (C=O) groups is 1. The maximum absolute atomic E-state index is 12.2. The van der Waals surface area contributed by atoms with Crippen LogP contribution in [0, 0.1) is 6.92 Å². The van der Waals surface area contributed by atoms with Crippen molar-refractivity contribution in [2.45, 2.75) is 52.2 Å². The summed E-state index contributed by atoms with van der Waals surface area (Å²) in [5.41, 5.74) is 0.509. The van der Waals surface area contributed by atoms with E-state index in [2.05, 4.69) is 25.9 Å². The van der Waals surface area contributed by atoms with E-state index >= 15 is 0 Å². The highest BCUT2D eigenvalue weighted by molar-refractivity contribution is 9.10. The van der Waals surface area contributed by atoms with Gasteiger partial charge in [0.2, 0.25) is 0 Å². The van der Waals surface area contributed by atoms with Crippen LogP contribution in [-0.2, 0) is 4.74 Å². The lowest BCUT2D eigenvalue weighted by Gasteiger charge is -2.27. The number of imidazole rings is 1. The summed E-state index contributed by atoms with van der Waals surface area (Å²) >= 11 is 3.39. The molecule has 0 spiro atoms. The summed E-state index contributed by atoms with van der Waals surface area (Å²) in [4.78, 5) is 21.6. The van der Waals surface area contributed by atoms with Gasteiger partial charge in [0.1, 0.15) is 16.0 Å². The smallest absolute Gasteiger partial charge is 0.410 e. The van der Waals surface area contributed by atoms with E-state index in [1.807, 2.05) is 27.7 Å². The van der Waals surface area contributed by atoms with Crippen LogP contribution in [0.5, 0.6) is 0 Å². The van der Waals surface area contributed by atoms with E-state index in [-0.39, 0.29) is 12.1 Å². The SMILES string of the molecule is Cc1[nH]c([C@@H]2CCCN2C(=O)OC(C)(C)C)nc1Br. The van der Waals surface area contributed by atoms with Gasteiger partial charge in [-0.15, -0.1) is 0 Å². The number of nitrogens with one attached hydrogen (secondary N) is 1. The van der Waals surface area contributed by atoms with Crippen molar-refractivity contribution in [3.05, 3.63) is 16.1 Å². The Morgan fingerprint density at radius 2 is 2.21 bits per heavy atom. The van der Waals surface area contributed by atoms with Crippen LogP contribution in [0.15, 0.2) is 4.60 Å². The predicted molar refractivity (Wildman–Crippen MR) is 75.9 cm³/mol. The average molecular weight is 330 g/mol. The van der Waals surface area contributed by atoms with Gasteiger partial charge in [-0.25, -0.2) is 9.78 Å². The molecule has 0 aromatic carbocycles. The third-order valence-corrected chi connectivity index (χ3v) is 3.81. The molecule has 1 N–H and O–H groups in total. The van der Waals surface area contributed by atoms with Gasteiger partial charge in [-0.2, -0.15) is 0 Å². The van der Waals surface area contributed by atoms with Crippen LogP contribution in [-0.4, -0.2) is 33.1 Å². The second-order valence-electron chi connectivity index (χ2n) is 5.87. The largest absolute Gasteiger partial charge is 0.444 e. The van der Waals surface area contributed by atoms with Gasteiger partial charge in [0, 0.05) is 12.2 Å². The number of amides is 1. The van der Waals surface area contributed by atoms with E-state index in [0.717, 1.165) is 35.5 Å². The zero-order valence-corrected chi connectivity index (χ0v) is 13.4. The number of aromatic nitrogens is 2. The van der Waals surface area contributed by atoms with E-state index in [1.54, 1.807) is 4.90 Å². The lowest BCUT2D eigenvalue weighted by molar-refractivity contribution is 0.0218. The Morgan fingerprint density at radius 3 is 2.74 bits per heavy atom. The Morgan fingerprint density at radius 1 is 1.53 bits per heavy atom. The van der Waals surface area contributed by atoms with E-state index in [9.17, 15) is 4.79 Å². The van der Waals surface area contributed by atoms with Gasteiger partial charge >= 0.3 is 6.09 Å². The highest BCUT2D eigenvalue weighted by Crippen LogP contribution is 2.32. The van der Waals surface area contributed by atoms with Gasteiger partial charge in [0.15, 0.2) is 0 Å². The summed E-state index contributed by atoms with van der Waals surface area (Å²) in [7, 11) is 0. The summed E-state index contributed by atoms with van der Waals surface area (Å²) in [6.45, 7) is 8.31. The molecule has 1 aromatic heterocycles.